The molecular weight excluding hydrogens is 212 g/mol. The van der Waals surface area contributed by atoms with Crippen molar-refractivity contribution < 1.29 is 0 Å². The molecular formula is C13H26N4. The third kappa shape index (κ3) is 5.42. The quantitative estimate of drug-likeness (QED) is 0.318. The Labute approximate surface area is 105 Å². The van der Waals surface area contributed by atoms with Crippen molar-refractivity contribution in [1.82, 2.24) is 4.90 Å². The first kappa shape index (κ1) is 14.3. The van der Waals surface area contributed by atoms with E-state index in [0.717, 1.165) is 18.9 Å². The van der Waals surface area contributed by atoms with Crippen LogP contribution in [0, 0.1) is 11.3 Å². The van der Waals surface area contributed by atoms with Crippen LogP contribution in [-0.2, 0) is 0 Å². The molecule has 4 nitrogen and oxygen atoms in total. The normalized spacial score (nSPS) is 22.9. The predicted molar refractivity (Wildman–Crippen MR) is 71.9 cm³/mol. The van der Waals surface area contributed by atoms with E-state index in [1.807, 2.05) is 0 Å². The molecule has 1 unspecified atom stereocenters. The zero-order chi connectivity index (χ0) is 12.7. The van der Waals surface area contributed by atoms with Gasteiger partial charge in [-0.15, -0.1) is 0 Å². The molecule has 1 saturated heterocycles. The fourth-order valence-electron chi connectivity index (χ4n) is 2.66. The maximum atomic E-state index is 8.22. The third-order valence-corrected chi connectivity index (χ3v) is 3.84. The first-order valence-electron chi connectivity index (χ1n) is 6.77. The topological polar surface area (TPSA) is 52.0 Å². The zero-order valence-corrected chi connectivity index (χ0v) is 11.5. The lowest BCUT2D eigenvalue weighted by Crippen LogP contribution is -2.27. The molecule has 0 amide bonds. The van der Waals surface area contributed by atoms with E-state index in [1.54, 1.807) is 0 Å². The molecule has 0 spiro atoms. The Morgan fingerprint density at radius 3 is 2.71 bits per heavy atom. The Bertz CT molecular complexity index is 263. The predicted octanol–water partition coefficient (Wildman–Crippen LogP) is 3.84. The van der Waals surface area contributed by atoms with Gasteiger partial charge < -0.3 is 4.90 Å². The van der Waals surface area contributed by atoms with Crippen LogP contribution in [0.25, 0.3) is 10.4 Å². The average molecular weight is 238 g/mol. The summed E-state index contributed by atoms with van der Waals surface area (Å²) in [6, 6.07) is 0. The van der Waals surface area contributed by atoms with Crippen LogP contribution in [0.1, 0.15) is 46.5 Å². The molecule has 17 heavy (non-hydrogen) atoms. The van der Waals surface area contributed by atoms with Crippen molar-refractivity contribution in [1.29, 1.82) is 0 Å². The second-order valence-corrected chi connectivity index (χ2v) is 6.14. The van der Waals surface area contributed by atoms with E-state index in [9.17, 15) is 0 Å². The first-order chi connectivity index (χ1) is 8.04. The summed E-state index contributed by atoms with van der Waals surface area (Å²) in [4.78, 5) is 5.31. The molecule has 0 N–H and O–H groups in total. The van der Waals surface area contributed by atoms with Gasteiger partial charge in [0.05, 0.1) is 0 Å². The van der Waals surface area contributed by atoms with Crippen molar-refractivity contribution in [3.05, 3.63) is 10.4 Å². The van der Waals surface area contributed by atoms with Crippen LogP contribution in [0.5, 0.6) is 0 Å². The molecule has 0 saturated carbocycles. The highest BCUT2D eigenvalue weighted by molar-refractivity contribution is 4.78. The largest absolute Gasteiger partial charge is 0.303 e. The summed E-state index contributed by atoms with van der Waals surface area (Å²) in [6.07, 6.45) is 4.97. The second-order valence-electron chi connectivity index (χ2n) is 6.14. The van der Waals surface area contributed by atoms with E-state index in [4.69, 9.17) is 5.53 Å². The van der Waals surface area contributed by atoms with Gasteiger partial charge in [-0.2, -0.15) is 0 Å². The SMILES string of the molecule is CC(C)(C)C1CCCN(CCCN=[N+]=[N-])CC1. The minimum absolute atomic E-state index is 0.446. The Balaban J connectivity index is 2.30. The van der Waals surface area contributed by atoms with Gasteiger partial charge in [-0.3, -0.25) is 0 Å². The van der Waals surface area contributed by atoms with Crippen molar-refractivity contribution in [2.75, 3.05) is 26.2 Å². The van der Waals surface area contributed by atoms with Gasteiger partial charge in [0.15, 0.2) is 0 Å². The zero-order valence-electron chi connectivity index (χ0n) is 11.5. The average Bonchev–Trinajstić information content (AvgIpc) is 2.49. The van der Waals surface area contributed by atoms with Crippen molar-refractivity contribution in [2.45, 2.75) is 46.5 Å². The van der Waals surface area contributed by atoms with Crippen LogP contribution >= 0.6 is 0 Å². The van der Waals surface area contributed by atoms with Crippen molar-refractivity contribution in [3.8, 4) is 0 Å². The van der Waals surface area contributed by atoms with Crippen LogP contribution < -0.4 is 0 Å². The minimum Gasteiger partial charge on any atom is -0.303 e. The monoisotopic (exact) mass is 238 g/mol. The summed E-state index contributed by atoms with van der Waals surface area (Å²) in [5.74, 6) is 0.852. The Hall–Kier alpha value is -0.730. The van der Waals surface area contributed by atoms with Crippen LogP contribution in [0.15, 0.2) is 5.11 Å². The molecule has 0 aromatic rings. The van der Waals surface area contributed by atoms with Crippen LogP contribution in [0.3, 0.4) is 0 Å². The Morgan fingerprint density at radius 2 is 2.06 bits per heavy atom. The van der Waals surface area contributed by atoms with Gasteiger partial charge >= 0.3 is 0 Å². The highest BCUT2D eigenvalue weighted by Crippen LogP contribution is 2.34. The van der Waals surface area contributed by atoms with Gasteiger partial charge in [0, 0.05) is 11.5 Å². The van der Waals surface area contributed by atoms with Crippen LogP contribution in [0.2, 0.25) is 0 Å². The van der Waals surface area contributed by atoms with Crippen molar-refractivity contribution in [3.63, 3.8) is 0 Å². The second kappa shape index (κ2) is 6.87. The van der Waals surface area contributed by atoms with E-state index < -0.39 is 0 Å². The Morgan fingerprint density at radius 1 is 1.29 bits per heavy atom. The summed E-state index contributed by atoms with van der Waals surface area (Å²) >= 11 is 0. The summed E-state index contributed by atoms with van der Waals surface area (Å²) in [5.41, 5.74) is 8.66. The molecule has 0 aromatic heterocycles. The third-order valence-electron chi connectivity index (χ3n) is 3.84. The fraction of sp³-hybridized carbons (Fsp3) is 1.00. The summed E-state index contributed by atoms with van der Waals surface area (Å²) < 4.78 is 0. The number of rotatable bonds is 4. The van der Waals surface area contributed by atoms with E-state index in [1.165, 1.54) is 32.4 Å². The van der Waals surface area contributed by atoms with Gasteiger partial charge in [0.1, 0.15) is 0 Å². The molecule has 4 heteroatoms. The number of likely N-dealkylation sites (tertiary alicyclic amines) is 1. The van der Waals surface area contributed by atoms with Gasteiger partial charge in [-0.05, 0) is 62.2 Å². The van der Waals surface area contributed by atoms with Gasteiger partial charge in [-0.1, -0.05) is 25.9 Å². The lowest BCUT2D eigenvalue weighted by atomic mass is 9.77. The van der Waals surface area contributed by atoms with Crippen LogP contribution in [-0.4, -0.2) is 31.1 Å². The molecule has 98 valence electrons. The molecule has 1 rings (SSSR count). The fourth-order valence-corrected chi connectivity index (χ4v) is 2.66. The first-order valence-corrected chi connectivity index (χ1v) is 6.77. The van der Waals surface area contributed by atoms with Gasteiger partial charge in [0.25, 0.3) is 0 Å². The maximum Gasteiger partial charge on any atom is 0.0270 e. The summed E-state index contributed by atoms with van der Waals surface area (Å²) in [5, 5.41) is 3.59. The molecule has 0 aliphatic carbocycles. The van der Waals surface area contributed by atoms with Crippen LogP contribution in [0.4, 0.5) is 0 Å². The number of hydrogen-bond donors (Lipinski definition) is 0. The molecule has 1 aliphatic heterocycles. The van der Waals surface area contributed by atoms with E-state index in [-0.39, 0.29) is 0 Å². The highest BCUT2D eigenvalue weighted by Gasteiger charge is 2.26. The molecule has 1 fully saturated rings. The Kier molecular flexibility index (Phi) is 5.79. The number of azide groups is 1. The lowest BCUT2D eigenvalue weighted by molar-refractivity contribution is 0.208. The number of nitrogens with zero attached hydrogens (tertiary/aromatic N) is 4. The molecule has 1 aliphatic rings. The van der Waals surface area contributed by atoms with Crippen molar-refractivity contribution in [2.24, 2.45) is 16.4 Å². The standard InChI is InChI=1S/C13H26N4/c1-13(2,3)12-6-4-9-17(11-7-12)10-5-8-15-16-14/h12H,4-11H2,1-3H3. The van der Waals surface area contributed by atoms with E-state index in [2.05, 4.69) is 35.7 Å². The van der Waals surface area contributed by atoms with Gasteiger partial charge in [-0.25, -0.2) is 0 Å². The molecule has 0 radical (unpaired) electrons. The molecule has 1 heterocycles. The van der Waals surface area contributed by atoms with E-state index in [0.29, 0.717) is 12.0 Å². The highest BCUT2D eigenvalue weighted by atomic mass is 15.1. The molecule has 0 aromatic carbocycles. The smallest absolute Gasteiger partial charge is 0.0270 e. The lowest BCUT2D eigenvalue weighted by Gasteiger charge is -2.29. The molecule has 1 atom stereocenters. The van der Waals surface area contributed by atoms with Gasteiger partial charge in [0.2, 0.25) is 0 Å². The number of hydrogen-bond acceptors (Lipinski definition) is 2. The van der Waals surface area contributed by atoms with E-state index >= 15 is 0 Å². The summed E-state index contributed by atoms with van der Waals surface area (Å²) in [6.45, 7) is 11.2. The van der Waals surface area contributed by atoms with Crippen molar-refractivity contribution >= 4 is 0 Å². The summed E-state index contributed by atoms with van der Waals surface area (Å²) in [7, 11) is 0. The minimum atomic E-state index is 0.446. The molecule has 0 bridgehead atoms. The maximum absolute atomic E-state index is 8.22.